The van der Waals surface area contributed by atoms with Crippen molar-refractivity contribution in [3.63, 3.8) is 0 Å². The zero-order chi connectivity index (χ0) is 31.2. The summed E-state index contributed by atoms with van der Waals surface area (Å²) < 4.78 is 34.3. The highest BCUT2D eigenvalue weighted by Gasteiger charge is 2.34. The second-order valence-electron chi connectivity index (χ2n) is 11.3. The number of carbonyl (C=O) groups is 2. The molecule has 3 aromatic rings. The van der Waals surface area contributed by atoms with E-state index in [0.29, 0.717) is 12.2 Å². The highest BCUT2D eigenvalue weighted by Crippen LogP contribution is 2.32. The number of ether oxygens (including phenoxy) is 1. The number of hydrogen-bond donors (Lipinski definition) is 1. The molecule has 0 saturated carbocycles. The van der Waals surface area contributed by atoms with Gasteiger partial charge in [-0.3, -0.25) is 13.9 Å². The third kappa shape index (κ3) is 8.26. The number of benzene rings is 3. The Morgan fingerprint density at radius 3 is 2.19 bits per heavy atom. The first kappa shape index (κ1) is 32.9. The van der Waals surface area contributed by atoms with E-state index in [1.807, 2.05) is 65.8 Å². The van der Waals surface area contributed by atoms with Crippen LogP contribution >= 0.6 is 11.6 Å². The zero-order valence-corrected chi connectivity index (χ0v) is 26.8. The molecule has 0 bridgehead atoms. The maximum Gasteiger partial charge on any atom is 0.264 e. The Labute approximate surface area is 254 Å². The van der Waals surface area contributed by atoms with Crippen molar-refractivity contribution < 1.29 is 22.7 Å². The lowest BCUT2D eigenvalue weighted by molar-refractivity contribution is -0.141. The summed E-state index contributed by atoms with van der Waals surface area (Å²) in [4.78, 5) is 29.1. The first-order valence-corrected chi connectivity index (χ1v) is 15.6. The van der Waals surface area contributed by atoms with Gasteiger partial charge in [0.15, 0.2) is 0 Å². The molecule has 0 aliphatic heterocycles. The van der Waals surface area contributed by atoms with Gasteiger partial charge in [0.1, 0.15) is 18.3 Å². The van der Waals surface area contributed by atoms with E-state index in [9.17, 15) is 18.0 Å². The van der Waals surface area contributed by atoms with Crippen molar-refractivity contribution in [1.29, 1.82) is 0 Å². The molecule has 42 heavy (non-hydrogen) atoms. The van der Waals surface area contributed by atoms with Crippen LogP contribution in [0.3, 0.4) is 0 Å². The number of anilines is 1. The van der Waals surface area contributed by atoms with E-state index in [0.717, 1.165) is 21.0 Å². The molecule has 0 heterocycles. The van der Waals surface area contributed by atoms with Crippen LogP contribution < -0.4 is 14.4 Å². The SMILES string of the molecule is CC[C@H](C(=O)NC(C)(C)C)N(Cc1cccc(C)c1)C(=O)CN(c1ccc(OC)c(Cl)c1)S(=O)(=O)c1ccc(C)cc1. The van der Waals surface area contributed by atoms with Crippen molar-refractivity contribution in [3.8, 4) is 5.75 Å². The summed E-state index contributed by atoms with van der Waals surface area (Å²) in [5.74, 6) is -0.480. The number of nitrogens with zero attached hydrogens (tertiary/aromatic N) is 2. The van der Waals surface area contributed by atoms with Gasteiger partial charge in [0, 0.05) is 12.1 Å². The van der Waals surface area contributed by atoms with E-state index in [4.69, 9.17) is 16.3 Å². The fourth-order valence-electron chi connectivity index (χ4n) is 4.56. The number of aryl methyl sites for hydroxylation is 2. The third-order valence-electron chi connectivity index (χ3n) is 6.63. The van der Waals surface area contributed by atoms with E-state index in [1.54, 1.807) is 18.2 Å². The Bertz CT molecular complexity index is 1520. The van der Waals surface area contributed by atoms with Gasteiger partial charge in [-0.1, -0.05) is 66.0 Å². The van der Waals surface area contributed by atoms with Gasteiger partial charge >= 0.3 is 0 Å². The summed E-state index contributed by atoms with van der Waals surface area (Å²) in [5.41, 5.74) is 2.39. The van der Waals surface area contributed by atoms with E-state index in [1.165, 1.54) is 36.3 Å². The number of nitrogens with one attached hydrogen (secondary N) is 1. The Morgan fingerprint density at radius 2 is 1.64 bits per heavy atom. The fourth-order valence-corrected chi connectivity index (χ4v) is 6.21. The van der Waals surface area contributed by atoms with Crippen molar-refractivity contribution in [3.05, 3.63) is 88.4 Å². The molecule has 226 valence electrons. The molecule has 0 aromatic heterocycles. The number of carbonyl (C=O) groups excluding carboxylic acids is 2. The molecule has 1 N–H and O–H groups in total. The molecule has 2 amide bonds. The molecule has 10 heteroatoms. The minimum absolute atomic E-state index is 0.0237. The maximum atomic E-state index is 14.2. The summed E-state index contributed by atoms with van der Waals surface area (Å²) in [6.45, 7) is 10.8. The lowest BCUT2D eigenvalue weighted by Crippen LogP contribution is -2.55. The van der Waals surface area contributed by atoms with Crippen molar-refractivity contribution >= 4 is 39.1 Å². The maximum absolute atomic E-state index is 14.2. The Morgan fingerprint density at radius 1 is 0.976 bits per heavy atom. The number of methoxy groups -OCH3 is 1. The summed E-state index contributed by atoms with van der Waals surface area (Å²) in [6.07, 6.45) is 0.332. The second-order valence-corrected chi connectivity index (χ2v) is 13.6. The minimum Gasteiger partial charge on any atom is -0.495 e. The molecule has 0 aliphatic rings. The summed E-state index contributed by atoms with van der Waals surface area (Å²) in [5, 5.41) is 3.17. The minimum atomic E-state index is -4.21. The third-order valence-corrected chi connectivity index (χ3v) is 8.71. The Hall–Kier alpha value is -3.56. The first-order valence-electron chi connectivity index (χ1n) is 13.8. The highest BCUT2D eigenvalue weighted by molar-refractivity contribution is 7.92. The quantitative estimate of drug-likeness (QED) is 0.291. The van der Waals surface area contributed by atoms with Gasteiger partial charge in [0.2, 0.25) is 11.8 Å². The normalized spacial score (nSPS) is 12.4. The van der Waals surface area contributed by atoms with E-state index in [-0.39, 0.29) is 28.1 Å². The predicted molar refractivity (Wildman–Crippen MR) is 167 cm³/mol. The monoisotopic (exact) mass is 613 g/mol. The average Bonchev–Trinajstić information content (AvgIpc) is 2.90. The average molecular weight is 614 g/mol. The van der Waals surface area contributed by atoms with Gasteiger partial charge in [-0.25, -0.2) is 8.42 Å². The number of rotatable bonds is 11. The van der Waals surface area contributed by atoms with Crippen molar-refractivity contribution in [2.24, 2.45) is 0 Å². The first-order chi connectivity index (χ1) is 19.7. The van der Waals surface area contributed by atoms with Gasteiger partial charge in [-0.15, -0.1) is 0 Å². The van der Waals surface area contributed by atoms with Crippen LogP contribution in [-0.2, 0) is 26.2 Å². The summed E-state index contributed by atoms with van der Waals surface area (Å²) >= 11 is 6.39. The molecule has 0 spiro atoms. The lowest BCUT2D eigenvalue weighted by atomic mass is 10.0. The molecule has 0 fully saturated rings. The highest BCUT2D eigenvalue weighted by atomic mass is 35.5. The van der Waals surface area contributed by atoms with Crippen LogP contribution in [0.15, 0.2) is 71.6 Å². The molecule has 3 rings (SSSR count). The van der Waals surface area contributed by atoms with Crippen LogP contribution in [0, 0.1) is 13.8 Å². The molecule has 0 aliphatic carbocycles. The van der Waals surface area contributed by atoms with Crippen LogP contribution in [-0.4, -0.2) is 50.4 Å². The van der Waals surface area contributed by atoms with Gasteiger partial charge in [0.25, 0.3) is 10.0 Å². The molecule has 3 aromatic carbocycles. The number of halogens is 1. The zero-order valence-electron chi connectivity index (χ0n) is 25.3. The second kappa shape index (κ2) is 13.6. The fraction of sp³-hybridized carbons (Fsp3) is 0.375. The van der Waals surface area contributed by atoms with Gasteiger partial charge in [0.05, 0.1) is 22.7 Å². The molecular formula is C32H40ClN3O5S. The number of hydrogen-bond acceptors (Lipinski definition) is 5. The number of amides is 2. The van der Waals surface area contributed by atoms with Crippen LogP contribution in [0.2, 0.25) is 5.02 Å². The molecule has 0 radical (unpaired) electrons. The van der Waals surface area contributed by atoms with Crippen molar-refractivity contribution in [2.45, 2.75) is 71.0 Å². The Kier molecular flexibility index (Phi) is 10.7. The molecule has 0 unspecified atom stereocenters. The summed E-state index contributed by atoms with van der Waals surface area (Å²) in [7, 11) is -2.75. The summed E-state index contributed by atoms with van der Waals surface area (Å²) in [6, 6.07) is 17.8. The van der Waals surface area contributed by atoms with Crippen LogP contribution in [0.25, 0.3) is 0 Å². The van der Waals surface area contributed by atoms with Crippen LogP contribution in [0.5, 0.6) is 5.75 Å². The topological polar surface area (TPSA) is 96.0 Å². The van der Waals surface area contributed by atoms with E-state index in [2.05, 4.69) is 5.32 Å². The van der Waals surface area contributed by atoms with E-state index < -0.39 is 34.1 Å². The Balaban J connectivity index is 2.11. The van der Waals surface area contributed by atoms with Gasteiger partial charge in [-0.05, 0) is 76.9 Å². The smallest absolute Gasteiger partial charge is 0.264 e. The van der Waals surface area contributed by atoms with Crippen molar-refractivity contribution in [1.82, 2.24) is 10.2 Å². The van der Waals surface area contributed by atoms with Crippen LogP contribution in [0.4, 0.5) is 5.69 Å². The lowest BCUT2D eigenvalue weighted by Gasteiger charge is -2.35. The standard InChI is InChI=1S/C32H40ClN3O5S/c1-8-28(31(38)34-32(4,5)6)35(20-24-11-9-10-23(3)18-24)30(37)21-36(25-14-17-29(41-7)27(33)19-25)42(39,40)26-15-12-22(2)13-16-26/h9-19,28H,8,20-21H2,1-7H3,(H,34,38)/t28-/m1/s1. The van der Waals surface area contributed by atoms with E-state index >= 15 is 0 Å². The van der Waals surface area contributed by atoms with Gasteiger partial charge < -0.3 is 15.0 Å². The largest absolute Gasteiger partial charge is 0.495 e. The molecule has 1 atom stereocenters. The van der Waals surface area contributed by atoms with Crippen LogP contribution in [0.1, 0.15) is 50.8 Å². The molecule has 0 saturated heterocycles. The predicted octanol–water partition coefficient (Wildman–Crippen LogP) is 5.88. The van der Waals surface area contributed by atoms with Crippen molar-refractivity contribution in [2.75, 3.05) is 18.0 Å². The van der Waals surface area contributed by atoms with Gasteiger partial charge in [-0.2, -0.15) is 0 Å². The molecule has 8 nitrogen and oxygen atoms in total. The number of sulfonamides is 1. The molecular weight excluding hydrogens is 574 g/mol.